The van der Waals surface area contributed by atoms with Gasteiger partial charge in [0.15, 0.2) is 0 Å². The number of nitrogens with one attached hydrogen (secondary N) is 1. The number of rotatable bonds is 5. The molecule has 0 radical (unpaired) electrons. The Morgan fingerprint density at radius 1 is 1.38 bits per heavy atom. The van der Waals surface area contributed by atoms with Gasteiger partial charge in [-0.15, -0.1) is 0 Å². The smallest absolute Gasteiger partial charge is 0.271 e. The number of hydrogen-bond acceptors (Lipinski definition) is 4. The molecule has 0 unspecified atom stereocenters. The van der Waals surface area contributed by atoms with Gasteiger partial charge in [0.05, 0.1) is 12.1 Å². The van der Waals surface area contributed by atoms with E-state index in [0.29, 0.717) is 17.8 Å². The lowest BCUT2D eigenvalue weighted by molar-refractivity contribution is 0.0947. The van der Waals surface area contributed by atoms with Crippen molar-refractivity contribution >= 4 is 5.91 Å². The summed E-state index contributed by atoms with van der Waals surface area (Å²) in [5.74, 6) is 5.36. The van der Waals surface area contributed by atoms with Crippen molar-refractivity contribution in [1.29, 1.82) is 0 Å². The molecule has 2 aromatic heterocycles. The Kier molecular flexibility index (Phi) is 5.50. The second-order valence-electron chi connectivity index (χ2n) is 4.28. The van der Waals surface area contributed by atoms with E-state index in [2.05, 4.69) is 27.2 Å². The number of hydrogen-bond donors (Lipinski definition) is 2. The van der Waals surface area contributed by atoms with Gasteiger partial charge in [0.25, 0.3) is 5.91 Å². The van der Waals surface area contributed by atoms with Crippen LogP contribution >= 0.6 is 0 Å². The van der Waals surface area contributed by atoms with Crippen LogP contribution in [0.3, 0.4) is 0 Å². The molecular weight excluding hydrogens is 266 g/mol. The summed E-state index contributed by atoms with van der Waals surface area (Å²) < 4.78 is 1.82. The minimum Gasteiger partial charge on any atom is -0.351 e. The summed E-state index contributed by atoms with van der Waals surface area (Å²) in [7, 11) is 0. The monoisotopic (exact) mass is 283 g/mol. The van der Waals surface area contributed by atoms with Gasteiger partial charge in [-0.1, -0.05) is 11.8 Å². The van der Waals surface area contributed by atoms with E-state index in [1.165, 1.54) is 0 Å². The van der Waals surface area contributed by atoms with Crippen molar-refractivity contribution in [1.82, 2.24) is 20.1 Å². The van der Waals surface area contributed by atoms with Gasteiger partial charge in [-0.05, 0) is 24.6 Å². The third-order valence-electron chi connectivity index (χ3n) is 2.76. The number of nitrogens with zero attached hydrogens (tertiary/aromatic N) is 3. The lowest BCUT2D eigenvalue weighted by Gasteiger charge is -2.06. The van der Waals surface area contributed by atoms with Crippen LogP contribution in [0.1, 0.15) is 22.5 Å². The number of aryl methyl sites for hydroxylation is 1. The van der Waals surface area contributed by atoms with Gasteiger partial charge in [-0.2, -0.15) is 5.10 Å². The first-order valence-corrected chi connectivity index (χ1v) is 6.71. The minimum absolute atomic E-state index is 0.225. The predicted octanol–water partition coefficient (Wildman–Crippen LogP) is 0.408. The minimum atomic E-state index is -0.225. The van der Waals surface area contributed by atoms with Crippen molar-refractivity contribution in [2.24, 2.45) is 5.73 Å². The number of aromatic nitrogens is 3. The van der Waals surface area contributed by atoms with E-state index in [9.17, 15) is 4.79 Å². The Bertz CT molecular complexity index is 640. The zero-order valence-electron chi connectivity index (χ0n) is 11.6. The van der Waals surface area contributed by atoms with Crippen molar-refractivity contribution in [3.05, 3.63) is 48.0 Å². The van der Waals surface area contributed by atoms with E-state index in [0.717, 1.165) is 13.0 Å². The molecule has 2 rings (SSSR count). The standard InChI is InChI=1S/C15H17N5O/c16-7-1-5-13-6-2-8-17-14(13)15(21)18-9-3-11-20-12-4-10-19-20/h2,4,6,8,10,12H,3,7,9,11,16H2,(H,18,21). The maximum atomic E-state index is 12.1. The fraction of sp³-hybridized carbons (Fsp3) is 0.267. The summed E-state index contributed by atoms with van der Waals surface area (Å²) in [6.07, 6.45) is 5.99. The molecular formula is C15H17N5O. The Balaban J connectivity index is 1.88. The summed E-state index contributed by atoms with van der Waals surface area (Å²) in [5, 5.41) is 6.94. The highest BCUT2D eigenvalue weighted by molar-refractivity contribution is 5.94. The van der Waals surface area contributed by atoms with Gasteiger partial charge in [-0.3, -0.25) is 9.48 Å². The quantitative estimate of drug-likeness (QED) is 0.614. The van der Waals surface area contributed by atoms with Gasteiger partial charge >= 0.3 is 0 Å². The van der Waals surface area contributed by atoms with E-state index in [1.807, 2.05) is 16.9 Å². The molecule has 0 spiro atoms. The van der Waals surface area contributed by atoms with Crippen molar-refractivity contribution in [3.8, 4) is 11.8 Å². The van der Waals surface area contributed by atoms with E-state index in [1.54, 1.807) is 24.5 Å². The molecule has 2 aromatic rings. The Labute approximate surface area is 123 Å². The second-order valence-corrected chi connectivity index (χ2v) is 4.28. The number of carbonyl (C=O) groups is 1. The molecule has 6 heteroatoms. The summed E-state index contributed by atoms with van der Waals surface area (Å²) in [6.45, 7) is 1.56. The zero-order valence-corrected chi connectivity index (χ0v) is 11.6. The van der Waals surface area contributed by atoms with Crippen LogP contribution in [0.4, 0.5) is 0 Å². The maximum Gasteiger partial charge on any atom is 0.271 e. The third-order valence-corrected chi connectivity index (χ3v) is 2.76. The fourth-order valence-electron chi connectivity index (χ4n) is 1.79. The molecule has 21 heavy (non-hydrogen) atoms. The molecule has 1 amide bonds. The predicted molar refractivity (Wildman–Crippen MR) is 79.3 cm³/mol. The molecule has 0 saturated carbocycles. The number of pyridine rings is 1. The number of amides is 1. The van der Waals surface area contributed by atoms with Crippen LogP contribution in [0.2, 0.25) is 0 Å². The van der Waals surface area contributed by atoms with Crippen molar-refractivity contribution in [2.45, 2.75) is 13.0 Å². The summed E-state index contributed by atoms with van der Waals surface area (Å²) >= 11 is 0. The van der Waals surface area contributed by atoms with Crippen LogP contribution in [-0.4, -0.2) is 33.8 Å². The fourth-order valence-corrected chi connectivity index (χ4v) is 1.79. The van der Waals surface area contributed by atoms with Crippen molar-refractivity contribution in [2.75, 3.05) is 13.1 Å². The van der Waals surface area contributed by atoms with Crippen LogP contribution in [0.5, 0.6) is 0 Å². The molecule has 0 atom stereocenters. The van der Waals surface area contributed by atoms with Gasteiger partial charge in [0, 0.05) is 31.7 Å². The zero-order chi connectivity index (χ0) is 14.9. The SMILES string of the molecule is NCC#Cc1cccnc1C(=O)NCCCn1cccn1. The van der Waals surface area contributed by atoms with E-state index >= 15 is 0 Å². The molecule has 0 bridgehead atoms. The molecule has 0 aliphatic rings. The van der Waals surface area contributed by atoms with Crippen molar-refractivity contribution < 1.29 is 4.79 Å². The summed E-state index contributed by atoms with van der Waals surface area (Å²) in [5.41, 5.74) is 6.27. The lowest BCUT2D eigenvalue weighted by atomic mass is 10.2. The van der Waals surface area contributed by atoms with Crippen LogP contribution in [0.15, 0.2) is 36.8 Å². The van der Waals surface area contributed by atoms with Gasteiger partial charge in [-0.25, -0.2) is 4.98 Å². The largest absolute Gasteiger partial charge is 0.351 e. The van der Waals surface area contributed by atoms with Gasteiger partial charge in [0.1, 0.15) is 5.69 Å². The van der Waals surface area contributed by atoms with Crippen LogP contribution in [0.25, 0.3) is 0 Å². The molecule has 108 valence electrons. The normalized spacial score (nSPS) is 9.76. The van der Waals surface area contributed by atoms with Crippen LogP contribution < -0.4 is 11.1 Å². The summed E-state index contributed by atoms with van der Waals surface area (Å²) in [4.78, 5) is 16.2. The van der Waals surface area contributed by atoms with E-state index < -0.39 is 0 Å². The average Bonchev–Trinajstić information content (AvgIpc) is 3.03. The first kappa shape index (κ1) is 14.8. The molecule has 0 aliphatic carbocycles. The first-order chi connectivity index (χ1) is 10.3. The third kappa shape index (κ3) is 4.44. The average molecular weight is 283 g/mol. The molecule has 3 N–H and O–H groups in total. The first-order valence-electron chi connectivity index (χ1n) is 6.71. The highest BCUT2D eigenvalue weighted by atomic mass is 16.1. The lowest BCUT2D eigenvalue weighted by Crippen LogP contribution is -2.27. The molecule has 0 aliphatic heterocycles. The van der Waals surface area contributed by atoms with Gasteiger partial charge < -0.3 is 11.1 Å². The molecule has 0 aromatic carbocycles. The number of carbonyl (C=O) groups excluding carboxylic acids is 1. The van der Waals surface area contributed by atoms with Crippen LogP contribution in [-0.2, 0) is 6.54 Å². The Morgan fingerprint density at radius 3 is 3.05 bits per heavy atom. The molecule has 0 saturated heterocycles. The molecule has 6 nitrogen and oxygen atoms in total. The van der Waals surface area contributed by atoms with E-state index in [4.69, 9.17) is 5.73 Å². The maximum absolute atomic E-state index is 12.1. The molecule has 2 heterocycles. The number of nitrogens with two attached hydrogens (primary N) is 1. The Hall–Kier alpha value is -2.65. The highest BCUT2D eigenvalue weighted by Gasteiger charge is 2.10. The second kappa shape index (κ2) is 7.82. The van der Waals surface area contributed by atoms with Crippen molar-refractivity contribution in [3.63, 3.8) is 0 Å². The molecule has 0 fully saturated rings. The van der Waals surface area contributed by atoms with Crippen LogP contribution in [0, 0.1) is 11.8 Å². The highest BCUT2D eigenvalue weighted by Crippen LogP contribution is 2.03. The Morgan fingerprint density at radius 2 is 2.29 bits per heavy atom. The van der Waals surface area contributed by atoms with Gasteiger partial charge in [0.2, 0.25) is 0 Å². The van der Waals surface area contributed by atoms with E-state index in [-0.39, 0.29) is 12.5 Å². The summed E-state index contributed by atoms with van der Waals surface area (Å²) in [6, 6.07) is 5.37. The topological polar surface area (TPSA) is 85.8 Å².